The first kappa shape index (κ1) is 38.1. The van der Waals surface area contributed by atoms with Gasteiger partial charge in [0.1, 0.15) is 17.6 Å². The van der Waals surface area contributed by atoms with Crippen LogP contribution in [0.1, 0.15) is 77.8 Å². The number of hydrogen-bond donors (Lipinski definition) is 5. The minimum Gasteiger partial charge on any atom is -0.496 e. The molecule has 0 fully saturated rings. The Morgan fingerprint density at radius 3 is 2.60 bits per heavy atom. The summed E-state index contributed by atoms with van der Waals surface area (Å²) in [6.45, 7) is 12.6. The van der Waals surface area contributed by atoms with Crippen molar-refractivity contribution >= 4 is 33.8 Å². The average molecular weight is 675 g/mol. The molecule has 0 saturated heterocycles. The number of aromatic nitrogens is 1. The van der Waals surface area contributed by atoms with E-state index >= 15 is 0 Å². The van der Waals surface area contributed by atoms with Crippen LogP contribution in [0.2, 0.25) is 0 Å². The summed E-state index contributed by atoms with van der Waals surface area (Å²) in [4.78, 5) is 17.0. The Balaban J connectivity index is 1.72. The van der Waals surface area contributed by atoms with Crippen LogP contribution in [0.5, 0.6) is 5.75 Å². The summed E-state index contributed by atoms with van der Waals surface area (Å²) < 4.78 is 45.2. The predicted molar refractivity (Wildman–Crippen MR) is 187 cm³/mol. The molecular weight excluding hydrogens is 620 g/mol. The molecule has 12 nitrogen and oxygen atoms in total. The van der Waals surface area contributed by atoms with Crippen molar-refractivity contribution in [3.05, 3.63) is 52.2 Å². The number of carbonyl (C=O) groups excluding carboxylic acids is 1. The van der Waals surface area contributed by atoms with E-state index in [9.17, 15) is 13.2 Å². The molecule has 13 heteroatoms. The van der Waals surface area contributed by atoms with Crippen LogP contribution in [0.15, 0.2) is 35.5 Å². The number of nitrogens with two attached hydrogens (primary N) is 2. The fourth-order valence-electron chi connectivity index (χ4n) is 5.35. The minimum atomic E-state index is -4.35. The van der Waals surface area contributed by atoms with E-state index in [1.165, 1.54) is 0 Å². The standard InChI is InChI=1S/C34H54N6O6S/c1-7-8-9-16-37-31-30-24(11-10-12-29(36)39-31)15-17-40(30)19-25-13-14-26(18-28(25)45-6)34(4,5)23-46-22-33(2,3)21-38-32(41)27(35)20-47(42,43)44/h11,13-15,17-18,27,37H,7-10,12,16,19-23,35H2,1-6H3,(H2,36,39)(H,38,41)(H,42,43,44)/b24-11-,31-30+/t27-/m0/s1. The molecule has 1 aliphatic heterocycles. The van der Waals surface area contributed by atoms with Crippen LogP contribution in [0.3, 0.4) is 0 Å². The SMILES string of the molecule is CCCCCNC1=c2/c(ccn2Cc2ccc(C(C)(C)COCC(C)(C)CNC(=O)[C@@H](N)CS(=O)(=O)O)cc2OC)=C\CC/C(N)=N\1. The molecule has 0 radical (unpaired) electrons. The van der Waals surface area contributed by atoms with E-state index in [4.69, 9.17) is 30.5 Å². The van der Waals surface area contributed by atoms with Gasteiger partial charge in [-0.3, -0.25) is 9.35 Å². The number of ether oxygens (including phenoxy) is 2. The molecule has 1 amide bonds. The first-order chi connectivity index (χ1) is 22.0. The minimum absolute atomic E-state index is 0.222. The molecule has 262 valence electrons. The number of hydrogen-bond acceptors (Lipinski definition) is 9. The Hall–Kier alpha value is -3.39. The van der Waals surface area contributed by atoms with Gasteiger partial charge in [0.15, 0.2) is 5.82 Å². The van der Waals surface area contributed by atoms with Crippen LogP contribution in [0.25, 0.3) is 11.9 Å². The third-order valence-electron chi connectivity index (χ3n) is 8.14. The van der Waals surface area contributed by atoms with Gasteiger partial charge in [0.2, 0.25) is 5.91 Å². The summed E-state index contributed by atoms with van der Waals surface area (Å²) in [6.07, 6.45) is 9.23. The van der Waals surface area contributed by atoms with E-state index in [-0.39, 0.29) is 12.0 Å². The van der Waals surface area contributed by atoms with Crippen LogP contribution in [-0.2, 0) is 31.6 Å². The zero-order valence-corrected chi connectivity index (χ0v) is 29.6. The van der Waals surface area contributed by atoms with Crippen molar-refractivity contribution in [1.29, 1.82) is 0 Å². The number of unbranched alkanes of at least 4 members (excludes halogenated alkanes) is 2. The third-order valence-corrected chi connectivity index (χ3v) is 8.93. The predicted octanol–water partition coefficient (Wildman–Crippen LogP) is 1.97. The first-order valence-corrected chi connectivity index (χ1v) is 17.9. The molecule has 47 heavy (non-hydrogen) atoms. The Morgan fingerprint density at radius 2 is 1.91 bits per heavy atom. The molecule has 0 bridgehead atoms. The van der Waals surface area contributed by atoms with E-state index in [1.54, 1.807) is 7.11 Å². The van der Waals surface area contributed by atoms with Crippen molar-refractivity contribution in [2.24, 2.45) is 21.9 Å². The molecular formula is C34H54N6O6S. The van der Waals surface area contributed by atoms with Gasteiger partial charge in [-0.1, -0.05) is 65.7 Å². The van der Waals surface area contributed by atoms with Gasteiger partial charge in [0.25, 0.3) is 10.1 Å². The highest BCUT2D eigenvalue weighted by Crippen LogP contribution is 2.30. The second kappa shape index (κ2) is 16.6. The summed E-state index contributed by atoms with van der Waals surface area (Å²) >= 11 is 0. The number of benzene rings is 1. The van der Waals surface area contributed by atoms with E-state index < -0.39 is 33.2 Å². The van der Waals surface area contributed by atoms with Gasteiger partial charge in [0.05, 0.1) is 38.0 Å². The molecule has 2 heterocycles. The number of carbonyl (C=O) groups is 1. The van der Waals surface area contributed by atoms with Crippen LogP contribution < -0.4 is 37.4 Å². The van der Waals surface area contributed by atoms with Crippen molar-refractivity contribution in [2.45, 2.75) is 84.7 Å². The van der Waals surface area contributed by atoms with Crippen LogP contribution in [0, 0.1) is 5.41 Å². The number of nitrogens with zero attached hydrogens (tertiary/aromatic N) is 2. The maximum Gasteiger partial charge on any atom is 0.266 e. The highest BCUT2D eigenvalue weighted by Gasteiger charge is 2.27. The van der Waals surface area contributed by atoms with E-state index in [1.807, 2.05) is 13.8 Å². The van der Waals surface area contributed by atoms with Crippen LogP contribution >= 0.6 is 0 Å². The van der Waals surface area contributed by atoms with E-state index in [0.29, 0.717) is 25.6 Å². The summed E-state index contributed by atoms with van der Waals surface area (Å²) in [5.74, 6) is 0.710. The molecule has 0 spiro atoms. The number of nitrogens with one attached hydrogen (secondary N) is 2. The molecule has 1 aromatic heterocycles. The Kier molecular flexibility index (Phi) is 13.5. The summed E-state index contributed by atoms with van der Waals surface area (Å²) in [7, 11) is -2.67. The molecule has 1 atom stereocenters. The monoisotopic (exact) mass is 674 g/mol. The van der Waals surface area contributed by atoms with Gasteiger partial charge in [-0.25, -0.2) is 4.99 Å². The molecule has 2 aromatic rings. The Bertz CT molecular complexity index is 1630. The van der Waals surface area contributed by atoms with Crippen molar-refractivity contribution in [1.82, 2.24) is 15.2 Å². The summed E-state index contributed by atoms with van der Waals surface area (Å²) in [6, 6.07) is 7.03. The summed E-state index contributed by atoms with van der Waals surface area (Å²) in [5, 5.41) is 8.35. The zero-order valence-electron chi connectivity index (χ0n) is 28.8. The second-order valence-electron chi connectivity index (χ2n) is 13.7. The van der Waals surface area contributed by atoms with E-state index in [2.05, 4.69) is 72.5 Å². The normalized spacial score (nSPS) is 17.7. The lowest BCUT2D eigenvalue weighted by atomic mass is 9.84. The molecule has 1 aliphatic rings. The zero-order chi connectivity index (χ0) is 34.8. The third kappa shape index (κ3) is 11.7. The van der Waals surface area contributed by atoms with E-state index in [0.717, 1.165) is 71.9 Å². The number of amides is 1. The van der Waals surface area contributed by atoms with Gasteiger partial charge in [-0.2, -0.15) is 8.42 Å². The maximum absolute atomic E-state index is 12.2. The molecule has 0 aliphatic carbocycles. The van der Waals surface area contributed by atoms with Gasteiger partial charge < -0.3 is 36.1 Å². The fraction of sp³-hybridized carbons (Fsp3) is 0.588. The summed E-state index contributed by atoms with van der Waals surface area (Å²) in [5.41, 5.74) is 13.1. The smallest absolute Gasteiger partial charge is 0.266 e. The maximum atomic E-state index is 12.2. The highest BCUT2D eigenvalue weighted by molar-refractivity contribution is 7.85. The lowest BCUT2D eigenvalue weighted by Gasteiger charge is -2.30. The number of methoxy groups -OCH3 is 1. The molecule has 1 aromatic carbocycles. The topological polar surface area (TPSA) is 183 Å². The number of amidine groups is 1. The average Bonchev–Trinajstić information content (AvgIpc) is 3.36. The molecule has 7 N–H and O–H groups in total. The molecule has 0 saturated carbocycles. The van der Waals surface area contributed by atoms with Crippen LogP contribution in [-0.4, -0.2) is 74.5 Å². The van der Waals surface area contributed by atoms with Gasteiger partial charge in [0, 0.05) is 42.1 Å². The van der Waals surface area contributed by atoms with Crippen molar-refractivity contribution in [2.75, 3.05) is 39.2 Å². The molecule has 3 rings (SSSR count). The largest absolute Gasteiger partial charge is 0.496 e. The lowest BCUT2D eigenvalue weighted by molar-refractivity contribution is -0.122. The van der Waals surface area contributed by atoms with Crippen molar-refractivity contribution < 1.29 is 27.2 Å². The van der Waals surface area contributed by atoms with Crippen molar-refractivity contribution in [3.8, 4) is 5.75 Å². The van der Waals surface area contributed by atoms with Gasteiger partial charge >= 0.3 is 0 Å². The highest BCUT2D eigenvalue weighted by atomic mass is 32.2. The van der Waals surface area contributed by atoms with Crippen molar-refractivity contribution in [3.63, 3.8) is 0 Å². The number of rotatable bonds is 18. The molecule has 0 unspecified atom stereocenters. The fourth-order valence-corrected chi connectivity index (χ4v) is 5.95. The van der Waals surface area contributed by atoms with Gasteiger partial charge in [-0.05, 0) is 35.8 Å². The first-order valence-electron chi connectivity index (χ1n) is 16.3. The lowest BCUT2D eigenvalue weighted by Crippen LogP contribution is -2.48. The second-order valence-corrected chi connectivity index (χ2v) is 15.2. The number of fused-ring (bicyclic) bond motifs is 1. The Morgan fingerprint density at radius 1 is 1.17 bits per heavy atom. The Labute approximate surface area is 279 Å². The van der Waals surface area contributed by atoms with Gasteiger partial charge in [-0.15, -0.1) is 0 Å². The quantitative estimate of drug-likeness (QED) is 0.117. The van der Waals surface area contributed by atoms with Crippen LogP contribution in [0.4, 0.5) is 0 Å². The number of aliphatic imine (C=N–C) groups is 1.